The Morgan fingerprint density at radius 1 is 0.868 bits per heavy atom. The smallest absolute Gasteiger partial charge is 0.312 e. The molecule has 196 valence electrons. The van der Waals surface area contributed by atoms with Crippen molar-refractivity contribution in [1.82, 2.24) is 14.3 Å². The lowest BCUT2D eigenvalue weighted by Crippen LogP contribution is -2.46. The zero-order valence-corrected chi connectivity index (χ0v) is 23.1. The number of ether oxygens (including phenoxy) is 1. The number of aromatic nitrogens is 2. The van der Waals surface area contributed by atoms with Crippen LogP contribution in [-0.2, 0) is 36.2 Å². The standard InChI is InChI=1S/C31H32BrN3O3/c1-33-27(28(32)29(36)35(33)26-15-9-4-10-16-26)22-34-19-17-31(18-20-34,21-24-11-5-2-6-12-24)30(37)38-23-25-13-7-3-8-14-25/h2-16H,17-23H2,1H3. The zero-order chi connectivity index (χ0) is 26.5. The second-order valence-electron chi connectivity index (χ2n) is 10.0. The lowest BCUT2D eigenvalue weighted by molar-refractivity contribution is -0.160. The predicted molar refractivity (Wildman–Crippen MR) is 152 cm³/mol. The summed E-state index contributed by atoms with van der Waals surface area (Å²) < 4.78 is 10.1. The van der Waals surface area contributed by atoms with E-state index in [4.69, 9.17) is 4.74 Å². The topological polar surface area (TPSA) is 56.5 Å². The number of nitrogens with zero attached hydrogens (tertiary/aromatic N) is 3. The van der Waals surface area contributed by atoms with Crippen molar-refractivity contribution in [3.05, 3.63) is 123 Å². The number of carbonyl (C=O) groups is 1. The lowest BCUT2D eigenvalue weighted by Gasteiger charge is -2.40. The maximum atomic E-state index is 13.6. The molecule has 0 atom stereocenters. The van der Waals surface area contributed by atoms with Gasteiger partial charge in [-0.3, -0.25) is 19.2 Å². The summed E-state index contributed by atoms with van der Waals surface area (Å²) in [5.41, 5.74) is 3.22. The number of carbonyl (C=O) groups excluding carboxylic acids is 1. The van der Waals surface area contributed by atoms with E-state index in [0.717, 1.165) is 35.6 Å². The number of rotatable bonds is 8. The fraction of sp³-hybridized carbons (Fsp3) is 0.290. The third-order valence-electron chi connectivity index (χ3n) is 7.54. The van der Waals surface area contributed by atoms with Gasteiger partial charge in [0.2, 0.25) is 0 Å². The quantitative estimate of drug-likeness (QED) is 0.261. The second kappa shape index (κ2) is 11.5. The number of hydrogen-bond acceptors (Lipinski definition) is 4. The van der Waals surface area contributed by atoms with E-state index >= 15 is 0 Å². The van der Waals surface area contributed by atoms with Crippen molar-refractivity contribution in [2.75, 3.05) is 13.1 Å². The summed E-state index contributed by atoms with van der Waals surface area (Å²) >= 11 is 3.55. The van der Waals surface area contributed by atoms with E-state index in [2.05, 4.69) is 33.0 Å². The first-order valence-electron chi connectivity index (χ1n) is 13.0. The van der Waals surface area contributed by atoms with Gasteiger partial charge in [0, 0.05) is 13.6 Å². The number of halogens is 1. The zero-order valence-electron chi connectivity index (χ0n) is 21.6. The molecule has 6 nitrogen and oxygen atoms in total. The molecule has 3 aromatic carbocycles. The Kier molecular flexibility index (Phi) is 7.95. The summed E-state index contributed by atoms with van der Waals surface area (Å²) in [6.07, 6.45) is 2.04. The van der Waals surface area contributed by atoms with E-state index in [0.29, 0.717) is 30.3 Å². The highest BCUT2D eigenvalue weighted by atomic mass is 79.9. The van der Waals surface area contributed by atoms with Gasteiger partial charge in [0.1, 0.15) is 11.1 Å². The fourth-order valence-corrected chi connectivity index (χ4v) is 5.86. The number of piperidine rings is 1. The third-order valence-corrected chi connectivity index (χ3v) is 8.34. The summed E-state index contributed by atoms with van der Waals surface area (Å²) in [7, 11) is 1.92. The van der Waals surface area contributed by atoms with E-state index in [1.54, 1.807) is 4.68 Å². The highest BCUT2D eigenvalue weighted by Gasteiger charge is 2.43. The van der Waals surface area contributed by atoms with Crippen LogP contribution in [0.25, 0.3) is 5.69 Å². The summed E-state index contributed by atoms with van der Waals surface area (Å²) in [6.45, 7) is 2.38. The van der Waals surface area contributed by atoms with Gasteiger partial charge in [0.05, 0.1) is 16.8 Å². The highest BCUT2D eigenvalue weighted by molar-refractivity contribution is 9.10. The summed E-state index contributed by atoms with van der Waals surface area (Å²) in [4.78, 5) is 29.0. The first kappa shape index (κ1) is 26.2. The SMILES string of the molecule is Cn1c(CN2CCC(Cc3ccccc3)(C(=O)OCc3ccccc3)CC2)c(Br)c(=O)n1-c1ccccc1. The number of esters is 1. The molecule has 0 radical (unpaired) electrons. The molecule has 0 unspecified atom stereocenters. The molecule has 0 N–H and O–H groups in total. The molecular formula is C31H32BrN3O3. The van der Waals surface area contributed by atoms with Crippen molar-refractivity contribution < 1.29 is 9.53 Å². The van der Waals surface area contributed by atoms with Gasteiger partial charge < -0.3 is 4.74 Å². The van der Waals surface area contributed by atoms with Crippen LogP contribution in [0.3, 0.4) is 0 Å². The van der Waals surface area contributed by atoms with Crippen molar-refractivity contribution >= 4 is 21.9 Å². The highest BCUT2D eigenvalue weighted by Crippen LogP contribution is 2.37. The Balaban J connectivity index is 1.32. The van der Waals surface area contributed by atoms with Crippen LogP contribution >= 0.6 is 15.9 Å². The molecule has 0 bridgehead atoms. The average Bonchev–Trinajstić information content (AvgIpc) is 3.17. The van der Waals surface area contributed by atoms with Gasteiger partial charge in [-0.15, -0.1) is 0 Å². The summed E-state index contributed by atoms with van der Waals surface area (Å²) in [5, 5.41) is 0. The van der Waals surface area contributed by atoms with Gasteiger partial charge in [-0.2, -0.15) is 0 Å². The molecule has 0 amide bonds. The van der Waals surface area contributed by atoms with Crippen molar-refractivity contribution in [2.24, 2.45) is 12.5 Å². The number of likely N-dealkylation sites (tertiary alicyclic amines) is 1. The molecule has 0 spiro atoms. The molecule has 2 heterocycles. The van der Waals surface area contributed by atoms with E-state index in [9.17, 15) is 9.59 Å². The van der Waals surface area contributed by atoms with E-state index < -0.39 is 5.41 Å². The molecule has 1 aliphatic heterocycles. The number of benzene rings is 3. The Morgan fingerprint density at radius 2 is 1.42 bits per heavy atom. The van der Waals surface area contributed by atoms with Crippen molar-refractivity contribution in [1.29, 1.82) is 0 Å². The minimum absolute atomic E-state index is 0.0753. The minimum Gasteiger partial charge on any atom is -0.460 e. The molecule has 1 fully saturated rings. The predicted octanol–water partition coefficient (Wildman–Crippen LogP) is 5.51. The number of para-hydroxylation sites is 1. The van der Waals surface area contributed by atoms with Gasteiger partial charge in [0.15, 0.2) is 0 Å². The van der Waals surface area contributed by atoms with Crippen LogP contribution in [0, 0.1) is 5.41 Å². The van der Waals surface area contributed by atoms with Crippen molar-refractivity contribution in [3.63, 3.8) is 0 Å². The number of hydrogen-bond donors (Lipinski definition) is 0. The average molecular weight is 575 g/mol. The molecule has 1 aliphatic rings. The Morgan fingerprint density at radius 3 is 2.03 bits per heavy atom. The molecular weight excluding hydrogens is 542 g/mol. The lowest BCUT2D eigenvalue weighted by atomic mass is 9.73. The normalized spacial score (nSPS) is 15.3. The van der Waals surface area contributed by atoms with E-state index in [-0.39, 0.29) is 18.1 Å². The third kappa shape index (κ3) is 5.54. The van der Waals surface area contributed by atoms with Crippen LogP contribution in [0.4, 0.5) is 0 Å². The molecule has 38 heavy (non-hydrogen) atoms. The van der Waals surface area contributed by atoms with Crippen LogP contribution < -0.4 is 5.56 Å². The molecule has 1 aromatic heterocycles. The monoisotopic (exact) mass is 573 g/mol. The van der Waals surface area contributed by atoms with Gasteiger partial charge >= 0.3 is 5.97 Å². The fourth-order valence-electron chi connectivity index (χ4n) is 5.31. The Hall–Kier alpha value is -3.42. The molecule has 5 rings (SSSR count). The first-order valence-corrected chi connectivity index (χ1v) is 13.8. The molecule has 0 aliphatic carbocycles. The van der Waals surface area contributed by atoms with Crippen molar-refractivity contribution in [3.8, 4) is 5.69 Å². The molecule has 0 saturated carbocycles. The maximum Gasteiger partial charge on any atom is 0.312 e. The maximum absolute atomic E-state index is 13.6. The van der Waals surface area contributed by atoms with Gasteiger partial charge in [0.25, 0.3) is 5.56 Å². The first-order chi connectivity index (χ1) is 18.5. The van der Waals surface area contributed by atoms with Gasteiger partial charge in [-0.05, 0) is 71.5 Å². The molecule has 4 aromatic rings. The van der Waals surface area contributed by atoms with E-state index in [1.165, 1.54) is 0 Å². The van der Waals surface area contributed by atoms with Crippen LogP contribution in [0.15, 0.2) is 100 Å². The molecule has 7 heteroatoms. The van der Waals surface area contributed by atoms with Crippen LogP contribution in [0.2, 0.25) is 0 Å². The minimum atomic E-state index is -0.578. The van der Waals surface area contributed by atoms with Crippen LogP contribution in [0.1, 0.15) is 29.7 Å². The van der Waals surface area contributed by atoms with Gasteiger partial charge in [-0.1, -0.05) is 78.9 Å². The van der Waals surface area contributed by atoms with Crippen molar-refractivity contribution in [2.45, 2.75) is 32.4 Å². The van der Waals surface area contributed by atoms with Crippen LogP contribution in [0.5, 0.6) is 0 Å². The Labute approximate surface area is 231 Å². The second-order valence-corrected chi connectivity index (χ2v) is 10.8. The van der Waals surface area contributed by atoms with E-state index in [1.807, 2.05) is 90.6 Å². The van der Waals surface area contributed by atoms with Gasteiger partial charge in [-0.25, -0.2) is 4.68 Å². The largest absolute Gasteiger partial charge is 0.460 e. The Bertz CT molecular complexity index is 1420. The van der Waals surface area contributed by atoms with Crippen LogP contribution in [-0.4, -0.2) is 33.3 Å². The molecule has 1 saturated heterocycles. The summed E-state index contributed by atoms with van der Waals surface area (Å²) in [6, 6.07) is 29.7. The summed E-state index contributed by atoms with van der Waals surface area (Å²) in [5.74, 6) is -0.131.